The SMILES string of the molecule is O=C(COC(=O)c1cc2ccccc2cc1O)c1cccs1. The number of ether oxygens (including phenoxy) is 1. The molecule has 0 aliphatic heterocycles. The van der Waals surface area contributed by atoms with Gasteiger partial charge in [0.25, 0.3) is 0 Å². The van der Waals surface area contributed by atoms with E-state index in [-0.39, 0.29) is 23.7 Å². The van der Waals surface area contributed by atoms with Crippen LogP contribution in [0.1, 0.15) is 20.0 Å². The topological polar surface area (TPSA) is 63.6 Å². The predicted octanol–water partition coefficient (Wildman–Crippen LogP) is 3.65. The zero-order valence-electron chi connectivity index (χ0n) is 11.5. The summed E-state index contributed by atoms with van der Waals surface area (Å²) in [5.74, 6) is -1.14. The maximum atomic E-state index is 12.1. The number of rotatable bonds is 4. The van der Waals surface area contributed by atoms with Gasteiger partial charge in [-0.05, 0) is 34.4 Å². The summed E-state index contributed by atoms with van der Waals surface area (Å²) in [6, 6.07) is 13.9. The number of hydrogen-bond donors (Lipinski definition) is 1. The number of phenolic OH excluding ortho intramolecular Hbond substituents is 1. The number of carbonyl (C=O) groups excluding carboxylic acids is 2. The zero-order valence-corrected chi connectivity index (χ0v) is 12.3. The number of esters is 1. The van der Waals surface area contributed by atoms with Gasteiger partial charge in [-0.3, -0.25) is 4.79 Å². The summed E-state index contributed by atoms with van der Waals surface area (Å²) in [5, 5.41) is 13.4. The van der Waals surface area contributed by atoms with Crippen molar-refractivity contribution in [3.63, 3.8) is 0 Å². The van der Waals surface area contributed by atoms with Gasteiger partial charge in [-0.2, -0.15) is 0 Å². The second-order valence-corrected chi connectivity index (χ2v) is 5.64. The van der Waals surface area contributed by atoms with Crippen LogP contribution in [0.25, 0.3) is 10.8 Å². The highest BCUT2D eigenvalue weighted by Crippen LogP contribution is 2.25. The Bertz CT molecular complexity index is 837. The molecule has 3 rings (SSSR count). The van der Waals surface area contributed by atoms with Gasteiger partial charge in [0.1, 0.15) is 11.3 Å². The molecule has 0 spiro atoms. The molecule has 2 aromatic carbocycles. The highest BCUT2D eigenvalue weighted by Gasteiger charge is 2.16. The molecule has 0 unspecified atom stereocenters. The Hall–Kier alpha value is -2.66. The van der Waals surface area contributed by atoms with Crippen molar-refractivity contribution in [3.05, 3.63) is 64.4 Å². The van der Waals surface area contributed by atoms with Crippen molar-refractivity contribution in [3.8, 4) is 5.75 Å². The maximum absolute atomic E-state index is 12.1. The van der Waals surface area contributed by atoms with Gasteiger partial charge in [-0.1, -0.05) is 30.3 Å². The summed E-state index contributed by atoms with van der Waals surface area (Å²) < 4.78 is 5.00. The third-order valence-electron chi connectivity index (χ3n) is 3.21. The molecule has 0 radical (unpaired) electrons. The Kier molecular flexibility index (Phi) is 3.89. The molecule has 5 heteroatoms. The largest absolute Gasteiger partial charge is 0.507 e. The number of benzene rings is 2. The van der Waals surface area contributed by atoms with E-state index in [1.54, 1.807) is 23.6 Å². The van der Waals surface area contributed by atoms with E-state index >= 15 is 0 Å². The molecule has 22 heavy (non-hydrogen) atoms. The monoisotopic (exact) mass is 312 g/mol. The lowest BCUT2D eigenvalue weighted by molar-refractivity contribution is 0.0473. The van der Waals surface area contributed by atoms with Crippen molar-refractivity contribution in [2.24, 2.45) is 0 Å². The molecule has 1 aromatic heterocycles. The third-order valence-corrected chi connectivity index (χ3v) is 4.13. The number of phenols is 1. The number of carbonyl (C=O) groups is 2. The van der Waals surface area contributed by atoms with E-state index in [0.717, 1.165) is 10.8 Å². The Morgan fingerprint density at radius 2 is 1.77 bits per heavy atom. The fraction of sp³-hybridized carbons (Fsp3) is 0.0588. The Balaban J connectivity index is 1.77. The first-order valence-electron chi connectivity index (χ1n) is 6.61. The van der Waals surface area contributed by atoms with Gasteiger partial charge in [0.05, 0.1) is 4.88 Å². The van der Waals surface area contributed by atoms with Crippen LogP contribution in [-0.2, 0) is 4.74 Å². The molecule has 0 aliphatic rings. The van der Waals surface area contributed by atoms with Crippen LogP contribution in [0.15, 0.2) is 53.9 Å². The van der Waals surface area contributed by atoms with Crippen molar-refractivity contribution in [1.82, 2.24) is 0 Å². The molecule has 0 atom stereocenters. The Labute approximate surface area is 130 Å². The minimum Gasteiger partial charge on any atom is -0.507 e. The molecule has 0 bridgehead atoms. The van der Waals surface area contributed by atoms with Crippen LogP contribution >= 0.6 is 11.3 Å². The highest BCUT2D eigenvalue weighted by molar-refractivity contribution is 7.12. The zero-order chi connectivity index (χ0) is 15.5. The molecule has 0 aliphatic carbocycles. The highest BCUT2D eigenvalue weighted by atomic mass is 32.1. The summed E-state index contributed by atoms with van der Waals surface area (Å²) in [7, 11) is 0. The molecule has 0 saturated heterocycles. The number of hydrogen-bond acceptors (Lipinski definition) is 5. The number of ketones is 1. The molecule has 3 aromatic rings. The predicted molar refractivity (Wildman–Crippen MR) is 84.5 cm³/mol. The summed E-state index contributed by atoms with van der Waals surface area (Å²) in [5.41, 5.74) is 0.0534. The minimum atomic E-state index is -0.715. The first-order valence-corrected chi connectivity index (χ1v) is 7.49. The van der Waals surface area contributed by atoms with Crippen LogP contribution in [-0.4, -0.2) is 23.5 Å². The molecule has 0 saturated carbocycles. The number of thiophene rings is 1. The number of aromatic hydroxyl groups is 1. The van der Waals surface area contributed by atoms with Gasteiger partial charge in [-0.25, -0.2) is 4.79 Å². The summed E-state index contributed by atoms with van der Waals surface area (Å²) >= 11 is 1.29. The molecule has 0 amide bonds. The summed E-state index contributed by atoms with van der Waals surface area (Å²) in [6.07, 6.45) is 0. The van der Waals surface area contributed by atoms with Gasteiger partial charge in [0.2, 0.25) is 5.78 Å². The summed E-state index contributed by atoms with van der Waals surface area (Å²) in [4.78, 5) is 24.4. The van der Waals surface area contributed by atoms with Crippen molar-refractivity contribution in [1.29, 1.82) is 0 Å². The lowest BCUT2D eigenvalue weighted by Crippen LogP contribution is -2.13. The maximum Gasteiger partial charge on any atom is 0.342 e. The molecular formula is C17H12O4S. The molecule has 4 nitrogen and oxygen atoms in total. The first-order chi connectivity index (χ1) is 10.6. The Morgan fingerprint density at radius 3 is 2.45 bits per heavy atom. The minimum absolute atomic E-state index is 0.0534. The van der Waals surface area contributed by atoms with E-state index in [4.69, 9.17) is 4.74 Å². The fourth-order valence-electron chi connectivity index (χ4n) is 2.11. The molecule has 0 fully saturated rings. The van der Waals surface area contributed by atoms with E-state index < -0.39 is 5.97 Å². The standard InChI is InChI=1S/C17H12O4S/c18-14-9-12-5-2-1-4-11(12)8-13(14)17(20)21-10-15(19)16-6-3-7-22-16/h1-9,18H,10H2. The molecule has 1 heterocycles. The van der Waals surface area contributed by atoms with Crippen LogP contribution in [0.3, 0.4) is 0 Å². The number of fused-ring (bicyclic) bond motifs is 1. The average Bonchev–Trinajstić information content (AvgIpc) is 3.06. The van der Waals surface area contributed by atoms with Gasteiger partial charge < -0.3 is 9.84 Å². The Morgan fingerprint density at radius 1 is 1.05 bits per heavy atom. The van der Waals surface area contributed by atoms with Crippen LogP contribution in [0.5, 0.6) is 5.75 Å². The second kappa shape index (κ2) is 5.99. The lowest BCUT2D eigenvalue weighted by Gasteiger charge is -2.07. The third kappa shape index (κ3) is 2.84. The second-order valence-electron chi connectivity index (χ2n) is 4.69. The van der Waals surface area contributed by atoms with Crippen LogP contribution in [0.2, 0.25) is 0 Å². The normalized spacial score (nSPS) is 10.5. The quantitative estimate of drug-likeness (QED) is 0.590. The van der Waals surface area contributed by atoms with Crippen molar-refractivity contribution in [2.45, 2.75) is 0 Å². The molecular weight excluding hydrogens is 300 g/mol. The number of Topliss-reactive ketones (excluding diaryl/α,β-unsaturated/α-hetero) is 1. The van der Waals surface area contributed by atoms with Gasteiger partial charge in [0.15, 0.2) is 6.61 Å². The van der Waals surface area contributed by atoms with Crippen LogP contribution in [0, 0.1) is 0 Å². The van der Waals surface area contributed by atoms with Gasteiger partial charge in [-0.15, -0.1) is 11.3 Å². The average molecular weight is 312 g/mol. The van der Waals surface area contributed by atoms with E-state index in [2.05, 4.69) is 0 Å². The molecule has 110 valence electrons. The smallest absolute Gasteiger partial charge is 0.342 e. The van der Waals surface area contributed by atoms with Gasteiger partial charge >= 0.3 is 5.97 Å². The van der Waals surface area contributed by atoms with Crippen LogP contribution < -0.4 is 0 Å². The summed E-state index contributed by atoms with van der Waals surface area (Å²) in [6.45, 7) is -0.342. The van der Waals surface area contributed by atoms with E-state index in [0.29, 0.717) is 4.88 Å². The van der Waals surface area contributed by atoms with E-state index in [1.807, 2.05) is 24.3 Å². The lowest BCUT2D eigenvalue weighted by atomic mass is 10.1. The van der Waals surface area contributed by atoms with Crippen molar-refractivity contribution >= 4 is 33.9 Å². The molecule has 1 N–H and O–H groups in total. The van der Waals surface area contributed by atoms with Gasteiger partial charge in [0, 0.05) is 0 Å². The van der Waals surface area contributed by atoms with Crippen molar-refractivity contribution in [2.75, 3.05) is 6.61 Å². The van der Waals surface area contributed by atoms with Crippen LogP contribution in [0.4, 0.5) is 0 Å². The first kappa shape index (κ1) is 14.3. The van der Waals surface area contributed by atoms with E-state index in [1.165, 1.54) is 17.4 Å². The van der Waals surface area contributed by atoms with Crippen molar-refractivity contribution < 1.29 is 19.4 Å². The fourth-order valence-corrected chi connectivity index (χ4v) is 2.76. The van der Waals surface area contributed by atoms with E-state index in [9.17, 15) is 14.7 Å².